The third-order valence-corrected chi connectivity index (χ3v) is 2.72. The molecule has 106 valence electrons. The quantitative estimate of drug-likeness (QED) is 0.557. The molecule has 0 spiro atoms. The van der Waals surface area contributed by atoms with Gasteiger partial charge < -0.3 is 15.6 Å². The first kappa shape index (κ1) is 14.1. The lowest BCUT2D eigenvalue weighted by atomic mass is 10.1. The standard InChI is InChI=1S/C15H21N5/c1-4-16-15-17-9-14(20-15)12-5-7-13(8-6-12)19-10-18-11(2)3/h5-11H,4H2,1-3H3,(H,18,19)(H2,16,17,20). The van der Waals surface area contributed by atoms with Crippen LogP contribution in [-0.2, 0) is 0 Å². The van der Waals surface area contributed by atoms with Gasteiger partial charge in [-0.2, -0.15) is 0 Å². The van der Waals surface area contributed by atoms with Gasteiger partial charge in [0.05, 0.1) is 18.2 Å². The summed E-state index contributed by atoms with van der Waals surface area (Å²) in [6.45, 7) is 6.98. The van der Waals surface area contributed by atoms with E-state index < -0.39 is 0 Å². The maximum Gasteiger partial charge on any atom is 0.200 e. The van der Waals surface area contributed by atoms with Gasteiger partial charge in [0.2, 0.25) is 5.95 Å². The second kappa shape index (κ2) is 6.75. The number of imidazole rings is 1. The van der Waals surface area contributed by atoms with Crippen LogP contribution >= 0.6 is 0 Å². The van der Waals surface area contributed by atoms with Crippen molar-refractivity contribution in [3.63, 3.8) is 0 Å². The van der Waals surface area contributed by atoms with Crippen LogP contribution in [0.4, 0.5) is 11.6 Å². The van der Waals surface area contributed by atoms with E-state index in [1.54, 1.807) is 6.34 Å². The number of aromatic nitrogens is 2. The molecular formula is C15H21N5. The molecule has 5 nitrogen and oxygen atoms in total. The number of nitrogens with one attached hydrogen (secondary N) is 3. The predicted octanol–water partition coefficient (Wildman–Crippen LogP) is 3.36. The largest absolute Gasteiger partial charge is 0.356 e. The minimum absolute atomic E-state index is 0.302. The van der Waals surface area contributed by atoms with Crippen LogP contribution in [0.5, 0.6) is 0 Å². The fraction of sp³-hybridized carbons (Fsp3) is 0.333. The highest BCUT2D eigenvalue weighted by atomic mass is 15.1. The molecule has 0 atom stereocenters. The minimum atomic E-state index is 0.302. The van der Waals surface area contributed by atoms with E-state index in [9.17, 15) is 0 Å². The lowest BCUT2D eigenvalue weighted by Crippen LogP contribution is -1.98. The molecule has 0 saturated heterocycles. The molecule has 0 aliphatic heterocycles. The highest BCUT2D eigenvalue weighted by Gasteiger charge is 2.02. The molecule has 0 aliphatic carbocycles. The van der Waals surface area contributed by atoms with Gasteiger partial charge >= 0.3 is 0 Å². The summed E-state index contributed by atoms with van der Waals surface area (Å²) in [7, 11) is 0. The highest BCUT2D eigenvalue weighted by Crippen LogP contribution is 2.20. The van der Waals surface area contributed by atoms with E-state index in [0.717, 1.165) is 29.4 Å². The van der Waals surface area contributed by atoms with Crippen molar-refractivity contribution >= 4 is 18.0 Å². The zero-order valence-electron chi connectivity index (χ0n) is 12.1. The van der Waals surface area contributed by atoms with Gasteiger partial charge in [-0.25, -0.2) is 4.98 Å². The Morgan fingerprint density at radius 3 is 2.70 bits per heavy atom. The first-order valence-corrected chi connectivity index (χ1v) is 6.86. The molecule has 1 aromatic carbocycles. The van der Waals surface area contributed by atoms with E-state index in [1.165, 1.54) is 0 Å². The summed E-state index contributed by atoms with van der Waals surface area (Å²) in [5, 5.41) is 6.30. The van der Waals surface area contributed by atoms with E-state index in [-0.39, 0.29) is 0 Å². The Hall–Kier alpha value is -2.30. The Kier molecular flexibility index (Phi) is 4.76. The molecule has 5 heteroatoms. The molecule has 3 N–H and O–H groups in total. The van der Waals surface area contributed by atoms with Crippen LogP contribution in [0.1, 0.15) is 20.8 Å². The van der Waals surface area contributed by atoms with Crippen LogP contribution in [0.25, 0.3) is 11.3 Å². The third-order valence-electron chi connectivity index (χ3n) is 2.72. The number of rotatable bonds is 6. The molecule has 0 bridgehead atoms. The van der Waals surface area contributed by atoms with E-state index in [2.05, 4.69) is 37.7 Å². The van der Waals surface area contributed by atoms with Gasteiger partial charge in [0, 0.05) is 18.3 Å². The van der Waals surface area contributed by atoms with E-state index >= 15 is 0 Å². The average Bonchev–Trinajstić information content (AvgIpc) is 2.88. The molecule has 2 rings (SSSR count). The molecular weight excluding hydrogens is 250 g/mol. The second-order valence-corrected chi connectivity index (χ2v) is 4.77. The molecule has 0 unspecified atom stereocenters. The van der Waals surface area contributed by atoms with E-state index in [0.29, 0.717) is 6.04 Å². The Morgan fingerprint density at radius 2 is 2.05 bits per heavy atom. The number of benzene rings is 1. The Labute approximate surface area is 119 Å². The van der Waals surface area contributed by atoms with E-state index in [1.807, 2.05) is 39.1 Å². The van der Waals surface area contributed by atoms with Crippen molar-refractivity contribution in [1.29, 1.82) is 0 Å². The molecule has 0 radical (unpaired) electrons. The molecule has 2 aromatic rings. The first-order valence-electron chi connectivity index (χ1n) is 6.86. The van der Waals surface area contributed by atoms with Gasteiger partial charge in [0.25, 0.3) is 0 Å². The summed E-state index contributed by atoms with van der Waals surface area (Å²) in [5.41, 5.74) is 3.13. The second-order valence-electron chi connectivity index (χ2n) is 4.77. The molecule has 0 aliphatic rings. The van der Waals surface area contributed by atoms with E-state index in [4.69, 9.17) is 0 Å². The monoisotopic (exact) mass is 271 g/mol. The Balaban J connectivity index is 2.03. The highest BCUT2D eigenvalue weighted by molar-refractivity contribution is 5.76. The van der Waals surface area contributed by atoms with Crippen molar-refractivity contribution in [2.75, 3.05) is 17.2 Å². The Bertz CT molecular complexity index is 554. The average molecular weight is 271 g/mol. The van der Waals surface area contributed by atoms with Gasteiger partial charge in [-0.1, -0.05) is 12.1 Å². The number of hydrogen-bond acceptors (Lipinski definition) is 3. The Morgan fingerprint density at radius 1 is 1.30 bits per heavy atom. The summed E-state index contributed by atoms with van der Waals surface area (Å²) >= 11 is 0. The summed E-state index contributed by atoms with van der Waals surface area (Å²) < 4.78 is 0. The zero-order chi connectivity index (χ0) is 14.4. The zero-order valence-corrected chi connectivity index (χ0v) is 12.1. The smallest absolute Gasteiger partial charge is 0.200 e. The van der Waals surface area contributed by atoms with Crippen LogP contribution in [0.15, 0.2) is 35.5 Å². The van der Waals surface area contributed by atoms with Crippen molar-refractivity contribution in [1.82, 2.24) is 9.97 Å². The number of aliphatic imine (C=N–C) groups is 1. The van der Waals surface area contributed by atoms with Gasteiger partial charge in [-0.15, -0.1) is 0 Å². The lowest BCUT2D eigenvalue weighted by molar-refractivity contribution is 0.840. The predicted molar refractivity (Wildman–Crippen MR) is 85.4 cm³/mol. The first-order chi connectivity index (χ1) is 9.69. The van der Waals surface area contributed by atoms with Crippen LogP contribution in [0.2, 0.25) is 0 Å². The third kappa shape index (κ3) is 3.85. The van der Waals surface area contributed by atoms with Crippen molar-refractivity contribution in [3.05, 3.63) is 30.5 Å². The maximum atomic E-state index is 4.27. The van der Waals surface area contributed by atoms with Crippen molar-refractivity contribution in [3.8, 4) is 11.3 Å². The summed E-state index contributed by atoms with van der Waals surface area (Å²) in [5.74, 6) is 0.800. The maximum absolute atomic E-state index is 4.27. The van der Waals surface area contributed by atoms with Crippen molar-refractivity contribution in [2.24, 2.45) is 4.99 Å². The molecule has 1 heterocycles. The SMILES string of the molecule is CCNc1ncc(-c2ccc(NC=NC(C)C)cc2)[nH]1. The van der Waals surface area contributed by atoms with Gasteiger partial charge in [0.15, 0.2) is 0 Å². The van der Waals surface area contributed by atoms with Crippen molar-refractivity contribution < 1.29 is 0 Å². The molecule has 0 fully saturated rings. The lowest BCUT2D eigenvalue weighted by Gasteiger charge is -2.03. The van der Waals surface area contributed by atoms with Gasteiger partial charge in [-0.05, 0) is 38.5 Å². The number of H-pyrrole nitrogens is 1. The topological polar surface area (TPSA) is 65.1 Å². The fourth-order valence-electron chi connectivity index (χ4n) is 1.73. The summed E-state index contributed by atoms with van der Waals surface area (Å²) in [6, 6.07) is 8.45. The fourth-order valence-corrected chi connectivity index (χ4v) is 1.73. The van der Waals surface area contributed by atoms with Crippen LogP contribution in [-0.4, -0.2) is 28.9 Å². The summed E-state index contributed by atoms with van der Waals surface area (Å²) in [4.78, 5) is 11.8. The van der Waals surface area contributed by atoms with Crippen LogP contribution < -0.4 is 10.6 Å². The number of aromatic amines is 1. The number of hydrogen-bond donors (Lipinski definition) is 3. The number of anilines is 2. The number of nitrogens with zero attached hydrogens (tertiary/aromatic N) is 2. The normalized spacial score (nSPS) is 11.2. The molecule has 1 aromatic heterocycles. The van der Waals surface area contributed by atoms with Crippen LogP contribution in [0.3, 0.4) is 0 Å². The van der Waals surface area contributed by atoms with Gasteiger partial charge in [0.1, 0.15) is 0 Å². The molecule has 0 saturated carbocycles. The van der Waals surface area contributed by atoms with Crippen molar-refractivity contribution in [2.45, 2.75) is 26.8 Å². The minimum Gasteiger partial charge on any atom is -0.356 e. The van der Waals surface area contributed by atoms with Crippen LogP contribution in [0, 0.1) is 0 Å². The van der Waals surface area contributed by atoms with Gasteiger partial charge in [-0.3, -0.25) is 4.99 Å². The molecule has 0 amide bonds. The summed E-state index contributed by atoms with van der Waals surface area (Å²) in [6.07, 6.45) is 3.57. The molecule has 20 heavy (non-hydrogen) atoms.